The molecule has 45 heavy (non-hydrogen) atoms. The third-order valence-electron chi connectivity index (χ3n) is 6.55. The molecule has 3 aromatic carbocycles. The summed E-state index contributed by atoms with van der Waals surface area (Å²) in [5.74, 6) is 0.570. The second-order valence-electron chi connectivity index (χ2n) is 9.95. The number of benzene rings is 3. The van der Waals surface area contributed by atoms with E-state index >= 15 is 0 Å². The first kappa shape index (κ1) is 33.5. The first-order valence-electron chi connectivity index (χ1n) is 14.3. The molecule has 0 unspecified atom stereocenters. The van der Waals surface area contributed by atoms with E-state index in [1.807, 2.05) is 44.2 Å². The van der Waals surface area contributed by atoms with Crippen molar-refractivity contribution in [2.45, 2.75) is 40.3 Å². The van der Waals surface area contributed by atoms with Gasteiger partial charge in [-0.15, -0.1) is 0 Å². The van der Waals surface area contributed by atoms with Crippen molar-refractivity contribution in [2.24, 2.45) is 5.10 Å². The molecule has 0 spiro atoms. The predicted octanol–water partition coefficient (Wildman–Crippen LogP) is 5.62. The van der Waals surface area contributed by atoms with Crippen LogP contribution in [0.5, 0.6) is 17.2 Å². The van der Waals surface area contributed by atoms with Gasteiger partial charge < -0.3 is 29.6 Å². The van der Waals surface area contributed by atoms with Crippen LogP contribution in [0.3, 0.4) is 0 Å². The van der Waals surface area contributed by atoms with Gasteiger partial charge in [0.15, 0.2) is 23.2 Å². The molecule has 3 N–H and O–H groups in total. The van der Waals surface area contributed by atoms with Crippen LogP contribution in [0.1, 0.15) is 49.1 Å². The first-order valence-corrected chi connectivity index (χ1v) is 15.5. The molecule has 0 saturated carbocycles. The van der Waals surface area contributed by atoms with E-state index in [1.54, 1.807) is 38.1 Å². The highest BCUT2D eigenvalue weighted by molar-refractivity contribution is 9.10. The fraction of sp³-hybridized carbons (Fsp3) is 0.273. The van der Waals surface area contributed by atoms with Gasteiger partial charge in [0.2, 0.25) is 0 Å². The number of allylic oxidation sites excluding steroid dienone is 1. The minimum atomic E-state index is -0.628. The number of nitrogens with one attached hydrogen (secondary N) is 3. The molecule has 0 saturated heterocycles. The molecule has 0 radical (unpaired) electrons. The summed E-state index contributed by atoms with van der Waals surface area (Å²) in [6.07, 6.45) is 1.50. The first-order chi connectivity index (χ1) is 21.7. The molecule has 236 valence electrons. The van der Waals surface area contributed by atoms with Crippen molar-refractivity contribution in [2.75, 3.05) is 19.8 Å². The Hall–Kier alpha value is -4.42. The number of halogens is 1. The lowest BCUT2D eigenvalue weighted by Gasteiger charge is -2.30. The number of hydrazone groups is 1. The quantitative estimate of drug-likeness (QED) is 0.0907. The summed E-state index contributed by atoms with van der Waals surface area (Å²) in [5, 5.41) is 10.5. The molecule has 0 fully saturated rings. The molecule has 1 aliphatic heterocycles. The average Bonchev–Trinajstić information content (AvgIpc) is 2.99. The normalized spacial score (nSPS) is 14.4. The average molecular weight is 696 g/mol. The number of amides is 1. The number of ether oxygens (including phenoxy) is 4. The van der Waals surface area contributed by atoms with Gasteiger partial charge in [-0.25, -0.2) is 10.2 Å². The number of nitrogens with zero attached hydrogens (tertiary/aromatic N) is 1. The standard InChI is InChI=1S/C33H35BrN4O6S/c1-5-41-27-16-23(15-25(34)31(27)44-18-22-11-9-10-20(3)14-22)17-35-38-28(39)19-43-26-13-8-7-12-24(26)30-29(32(40)42-6-2)21(4)36-33(45)37-30/h7-17,30H,5-6,18-19H2,1-4H3,(H,38,39)(H2,36,37,45)/t30-/m0/s1. The van der Waals surface area contributed by atoms with Crippen LogP contribution in [0.15, 0.2) is 81.5 Å². The SMILES string of the molecule is CCOC(=O)C1=C(C)NC(=S)N[C@H]1c1ccccc1OCC(=O)NN=Cc1cc(Br)c(OCc2cccc(C)c2)c(OCC)c1. The Bertz CT molecular complexity index is 1630. The Morgan fingerprint density at radius 1 is 1.00 bits per heavy atom. The number of carbonyl (C=O) groups is 2. The maximum Gasteiger partial charge on any atom is 0.338 e. The number of thiocarbonyl (C=S) groups is 1. The number of carbonyl (C=O) groups excluding carboxylic acids is 2. The zero-order valence-corrected chi connectivity index (χ0v) is 27.8. The largest absolute Gasteiger partial charge is 0.490 e. The number of esters is 1. The molecule has 4 rings (SSSR count). The van der Waals surface area contributed by atoms with Crippen molar-refractivity contribution in [1.82, 2.24) is 16.1 Å². The van der Waals surface area contributed by atoms with Gasteiger partial charge in [0.25, 0.3) is 5.91 Å². The second-order valence-corrected chi connectivity index (χ2v) is 11.2. The number of hydrogen-bond acceptors (Lipinski definition) is 8. The third-order valence-corrected chi connectivity index (χ3v) is 7.36. The highest BCUT2D eigenvalue weighted by Gasteiger charge is 2.32. The van der Waals surface area contributed by atoms with Crippen molar-refractivity contribution in [3.8, 4) is 17.2 Å². The van der Waals surface area contributed by atoms with Crippen LogP contribution in [0.25, 0.3) is 0 Å². The smallest absolute Gasteiger partial charge is 0.338 e. The lowest BCUT2D eigenvalue weighted by Crippen LogP contribution is -2.45. The van der Waals surface area contributed by atoms with E-state index in [9.17, 15) is 9.59 Å². The summed E-state index contributed by atoms with van der Waals surface area (Å²) in [7, 11) is 0. The van der Waals surface area contributed by atoms with Gasteiger partial charge in [-0.1, -0.05) is 48.0 Å². The van der Waals surface area contributed by atoms with Gasteiger partial charge in [0, 0.05) is 11.3 Å². The van der Waals surface area contributed by atoms with Crippen molar-refractivity contribution < 1.29 is 28.5 Å². The monoisotopic (exact) mass is 694 g/mol. The van der Waals surface area contributed by atoms with Crippen molar-refractivity contribution >= 4 is 51.4 Å². The molecule has 1 aliphatic rings. The Morgan fingerprint density at radius 3 is 2.56 bits per heavy atom. The van der Waals surface area contributed by atoms with Crippen LogP contribution in [-0.2, 0) is 20.9 Å². The maximum atomic E-state index is 12.8. The molecule has 1 amide bonds. The highest BCUT2D eigenvalue weighted by Crippen LogP contribution is 2.37. The van der Waals surface area contributed by atoms with Crippen molar-refractivity contribution in [3.63, 3.8) is 0 Å². The van der Waals surface area contributed by atoms with Crippen LogP contribution in [0.2, 0.25) is 0 Å². The summed E-state index contributed by atoms with van der Waals surface area (Å²) in [6.45, 7) is 8.15. The molecule has 3 aromatic rings. The van der Waals surface area contributed by atoms with Crippen molar-refractivity contribution in [3.05, 3.63) is 98.7 Å². The van der Waals surface area contributed by atoms with E-state index in [0.717, 1.165) is 11.1 Å². The molecule has 0 aromatic heterocycles. The Labute approximate surface area is 276 Å². The fourth-order valence-corrected chi connectivity index (χ4v) is 5.48. The van der Waals surface area contributed by atoms with Gasteiger partial charge in [0.05, 0.1) is 35.5 Å². The molecular formula is C33H35BrN4O6S. The minimum absolute atomic E-state index is 0.224. The van der Waals surface area contributed by atoms with E-state index in [1.165, 1.54) is 6.21 Å². The second kappa shape index (κ2) is 16.1. The summed E-state index contributed by atoms with van der Waals surface area (Å²) >= 11 is 8.90. The molecule has 0 aliphatic carbocycles. The maximum absolute atomic E-state index is 12.8. The number of para-hydroxylation sites is 1. The summed E-state index contributed by atoms with van der Waals surface area (Å²) in [4.78, 5) is 25.4. The summed E-state index contributed by atoms with van der Waals surface area (Å²) in [5.41, 5.74) is 6.94. The van der Waals surface area contributed by atoms with Gasteiger partial charge in [-0.3, -0.25) is 4.79 Å². The topological polar surface area (TPSA) is 120 Å². The molecule has 12 heteroatoms. The predicted molar refractivity (Wildman–Crippen MR) is 179 cm³/mol. The number of hydrogen-bond donors (Lipinski definition) is 3. The van der Waals surface area contributed by atoms with Crippen LogP contribution >= 0.6 is 28.1 Å². The van der Waals surface area contributed by atoms with E-state index in [2.05, 4.69) is 43.2 Å². The molecule has 1 heterocycles. The Kier molecular flexibility index (Phi) is 11.9. The summed E-state index contributed by atoms with van der Waals surface area (Å²) in [6, 6.07) is 18.2. The van der Waals surface area contributed by atoms with Crippen LogP contribution in [0, 0.1) is 6.92 Å². The zero-order valence-electron chi connectivity index (χ0n) is 25.4. The van der Waals surface area contributed by atoms with Crippen molar-refractivity contribution in [1.29, 1.82) is 0 Å². The highest BCUT2D eigenvalue weighted by atomic mass is 79.9. The summed E-state index contributed by atoms with van der Waals surface area (Å²) < 4.78 is 23.7. The van der Waals surface area contributed by atoms with Gasteiger partial charge in [-0.2, -0.15) is 5.10 Å². The fourth-order valence-electron chi connectivity index (χ4n) is 4.63. The van der Waals surface area contributed by atoms with Gasteiger partial charge in [0.1, 0.15) is 12.4 Å². The molecular weight excluding hydrogens is 660 g/mol. The minimum Gasteiger partial charge on any atom is -0.490 e. The van der Waals surface area contributed by atoms with Crippen LogP contribution in [0.4, 0.5) is 0 Å². The van der Waals surface area contributed by atoms with E-state index in [0.29, 0.717) is 62.4 Å². The van der Waals surface area contributed by atoms with E-state index in [-0.39, 0.29) is 13.2 Å². The molecule has 0 bridgehead atoms. The number of rotatable bonds is 13. The van der Waals surface area contributed by atoms with Gasteiger partial charge in [-0.05, 0) is 85.2 Å². The van der Waals surface area contributed by atoms with Crippen LogP contribution in [-0.4, -0.2) is 43.0 Å². The Balaban J connectivity index is 1.41. The zero-order chi connectivity index (χ0) is 32.3. The lowest BCUT2D eigenvalue weighted by molar-refractivity contribution is -0.139. The lowest BCUT2D eigenvalue weighted by atomic mass is 9.95. The third kappa shape index (κ3) is 9.05. The van der Waals surface area contributed by atoms with Crippen LogP contribution < -0.4 is 30.3 Å². The Morgan fingerprint density at radius 2 is 1.80 bits per heavy atom. The van der Waals surface area contributed by atoms with E-state index < -0.39 is 17.9 Å². The van der Waals surface area contributed by atoms with Gasteiger partial charge >= 0.3 is 5.97 Å². The molecule has 10 nitrogen and oxygen atoms in total. The van der Waals surface area contributed by atoms with E-state index in [4.69, 9.17) is 31.2 Å². The molecule has 1 atom stereocenters. The number of aryl methyl sites for hydroxylation is 1.